The molecule has 0 saturated carbocycles. The molecule has 0 spiro atoms. The van der Waals surface area contributed by atoms with Crippen molar-refractivity contribution in [3.8, 4) is 0 Å². The fourth-order valence-corrected chi connectivity index (χ4v) is 4.34. The number of nitrogens with one attached hydrogen (secondary N) is 1. The first kappa shape index (κ1) is 13.8. The monoisotopic (exact) mass is 315 g/mol. The van der Waals surface area contributed by atoms with E-state index in [2.05, 4.69) is 53.9 Å². The Bertz CT molecular complexity index is 942. The molecule has 1 aliphatic heterocycles. The van der Waals surface area contributed by atoms with E-state index in [0.717, 1.165) is 12.0 Å². The summed E-state index contributed by atoms with van der Waals surface area (Å²) in [5.41, 5.74) is 3.77. The number of rotatable bonds is 1. The van der Waals surface area contributed by atoms with Gasteiger partial charge >= 0.3 is 0 Å². The summed E-state index contributed by atoms with van der Waals surface area (Å²) in [7, 11) is 0. The molecular formula is C22H18FN. The predicted molar refractivity (Wildman–Crippen MR) is 96.7 cm³/mol. The third kappa shape index (κ3) is 1.99. The number of hydrogen-bond acceptors (Lipinski definition) is 1. The number of benzene rings is 3. The maximum Gasteiger partial charge on any atom is 0.123 e. The van der Waals surface area contributed by atoms with Crippen LogP contribution in [-0.2, 0) is 0 Å². The summed E-state index contributed by atoms with van der Waals surface area (Å²) in [6.45, 7) is 0. The van der Waals surface area contributed by atoms with Gasteiger partial charge in [0.15, 0.2) is 0 Å². The van der Waals surface area contributed by atoms with E-state index in [4.69, 9.17) is 0 Å². The summed E-state index contributed by atoms with van der Waals surface area (Å²) >= 11 is 0. The maximum atomic E-state index is 13.3. The van der Waals surface area contributed by atoms with Gasteiger partial charge in [-0.25, -0.2) is 4.39 Å². The van der Waals surface area contributed by atoms with Gasteiger partial charge in [-0.3, -0.25) is 0 Å². The maximum absolute atomic E-state index is 13.3. The van der Waals surface area contributed by atoms with Crippen LogP contribution in [0.15, 0.2) is 72.8 Å². The van der Waals surface area contributed by atoms with Crippen molar-refractivity contribution in [3.63, 3.8) is 0 Å². The predicted octanol–water partition coefficient (Wildman–Crippen LogP) is 5.81. The Kier molecular flexibility index (Phi) is 2.99. The molecule has 2 aliphatic rings. The van der Waals surface area contributed by atoms with Crippen LogP contribution in [0.25, 0.3) is 10.8 Å². The van der Waals surface area contributed by atoms with Crippen LogP contribution in [0.1, 0.15) is 29.5 Å². The van der Waals surface area contributed by atoms with Gasteiger partial charge in [0.05, 0.1) is 6.04 Å². The molecule has 2 heteroatoms. The first-order valence-corrected chi connectivity index (χ1v) is 8.51. The molecule has 3 aromatic rings. The number of fused-ring (bicyclic) bond motifs is 5. The molecule has 0 radical (unpaired) electrons. The molecule has 1 heterocycles. The van der Waals surface area contributed by atoms with Crippen LogP contribution in [0.5, 0.6) is 0 Å². The lowest BCUT2D eigenvalue weighted by atomic mass is 9.76. The van der Waals surface area contributed by atoms with Gasteiger partial charge in [-0.05, 0) is 41.0 Å². The fourth-order valence-electron chi connectivity index (χ4n) is 4.34. The van der Waals surface area contributed by atoms with Crippen molar-refractivity contribution in [2.45, 2.75) is 18.4 Å². The van der Waals surface area contributed by atoms with Crippen LogP contribution < -0.4 is 5.32 Å². The highest BCUT2D eigenvalue weighted by Gasteiger charge is 2.38. The number of allylic oxidation sites excluding steroid dienone is 2. The SMILES string of the molecule is Fc1ccc([C@@H]2Nc3c(ccc4ccccc34)[C@H]3C=CC[C@H]32)cc1. The third-order valence-corrected chi connectivity index (χ3v) is 5.49. The second-order valence-corrected chi connectivity index (χ2v) is 6.78. The molecule has 5 rings (SSSR count). The van der Waals surface area contributed by atoms with Crippen LogP contribution in [-0.4, -0.2) is 0 Å². The Morgan fingerprint density at radius 2 is 1.75 bits per heavy atom. The van der Waals surface area contributed by atoms with E-state index in [9.17, 15) is 4.39 Å². The molecule has 24 heavy (non-hydrogen) atoms. The zero-order chi connectivity index (χ0) is 16.1. The standard InChI is InChI=1S/C22H18FN/c23-16-11-8-15(9-12-16)21-19-7-3-6-18(19)20-13-10-14-4-1-2-5-17(14)22(20)24-21/h1-6,8-13,18-19,21,24H,7H2/t18-,19+,21-/m0/s1. The quantitative estimate of drug-likeness (QED) is 0.559. The molecule has 118 valence electrons. The molecule has 0 fully saturated rings. The summed E-state index contributed by atoms with van der Waals surface area (Å²) in [5, 5.41) is 6.30. The molecule has 1 nitrogen and oxygen atoms in total. The van der Waals surface area contributed by atoms with Crippen molar-refractivity contribution in [2.24, 2.45) is 5.92 Å². The lowest BCUT2D eigenvalue weighted by molar-refractivity contribution is 0.426. The first-order valence-electron chi connectivity index (χ1n) is 8.51. The molecule has 0 saturated heterocycles. The molecule has 1 N–H and O–H groups in total. The Morgan fingerprint density at radius 3 is 2.62 bits per heavy atom. The molecule has 0 unspecified atom stereocenters. The molecule has 0 bridgehead atoms. The van der Waals surface area contributed by atoms with E-state index >= 15 is 0 Å². The van der Waals surface area contributed by atoms with Crippen LogP contribution in [0, 0.1) is 11.7 Å². The highest BCUT2D eigenvalue weighted by atomic mass is 19.1. The van der Waals surface area contributed by atoms with Crippen LogP contribution in [0.4, 0.5) is 10.1 Å². The van der Waals surface area contributed by atoms with Gasteiger partial charge in [-0.15, -0.1) is 0 Å². The third-order valence-electron chi connectivity index (χ3n) is 5.49. The number of halogens is 1. The van der Waals surface area contributed by atoms with Crippen molar-refractivity contribution < 1.29 is 4.39 Å². The highest BCUT2D eigenvalue weighted by molar-refractivity contribution is 5.96. The van der Waals surface area contributed by atoms with E-state index in [1.807, 2.05) is 12.1 Å². The average Bonchev–Trinajstić information content (AvgIpc) is 3.11. The second-order valence-electron chi connectivity index (χ2n) is 6.78. The van der Waals surface area contributed by atoms with Gasteiger partial charge in [-0.2, -0.15) is 0 Å². The van der Waals surface area contributed by atoms with Crippen LogP contribution in [0.3, 0.4) is 0 Å². The molecule has 0 amide bonds. The summed E-state index contributed by atoms with van der Waals surface area (Å²) in [5.74, 6) is 0.742. The minimum Gasteiger partial charge on any atom is -0.377 e. The fraction of sp³-hybridized carbons (Fsp3) is 0.182. The minimum atomic E-state index is -0.179. The van der Waals surface area contributed by atoms with Gasteiger partial charge in [0.2, 0.25) is 0 Å². The number of anilines is 1. The van der Waals surface area contributed by atoms with Gasteiger partial charge in [0.25, 0.3) is 0 Å². The summed E-state index contributed by atoms with van der Waals surface area (Å²) in [6, 6.07) is 20.2. The van der Waals surface area contributed by atoms with Gasteiger partial charge < -0.3 is 5.32 Å². The smallest absolute Gasteiger partial charge is 0.123 e. The van der Waals surface area contributed by atoms with E-state index < -0.39 is 0 Å². The lowest BCUT2D eigenvalue weighted by Gasteiger charge is -2.38. The average molecular weight is 315 g/mol. The number of hydrogen-bond donors (Lipinski definition) is 1. The van der Waals surface area contributed by atoms with E-state index in [1.165, 1.54) is 22.0 Å². The van der Waals surface area contributed by atoms with E-state index in [1.54, 1.807) is 12.1 Å². The topological polar surface area (TPSA) is 12.0 Å². The van der Waals surface area contributed by atoms with Gasteiger partial charge in [-0.1, -0.05) is 60.7 Å². The normalized spacial score (nSPS) is 24.5. The highest BCUT2D eigenvalue weighted by Crippen LogP contribution is 2.51. The minimum absolute atomic E-state index is 0.179. The van der Waals surface area contributed by atoms with Crippen molar-refractivity contribution in [1.29, 1.82) is 0 Å². The molecule has 3 atom stereocenters. The summed E-state index contributed by atoms with van der Waals surface area (Å²) < 4.78 is 13.3. The van der Waals surface area contributed by atoms with Gasteiger partial charge in [0.1, 0.15) is 5.82 Å². The van der Waals surface area contributed by atoms with Crippen molar-refractivity contribution in [3.05, 3.63) is 89.8 Å². The Labute approximate surface area is 140 Å². The van der Waals surface area contributed by atoms with Crippen molar-refractivity contribution in [2.75, 3.05) is 5.32 Å². The first-order chi connectivity index (χ1) is 11.8. The summed E-state index contributed by atoms with van der Waals surface area (Å²) in [6.07, 6.45) is 5.69. The van der Waals surface area contributed by atoms with Crippen LogP contribution >= 0.6 is 0 Å². The van der Waals surface area contributed by atoms with Gasteiger partial charge in [0, 0.05) is 17.0 Å². The zero-order valence-electron chi connectivity index (χ0n) is 13.2. The Balaban J connectivity index is 1.69. The second kappa shape index (κ2) is 5.20. The summed E-state index contributed by atoms with van der Waals surface area (Å²) in [4.78, 5) is 0. The van der Waals surface area contributed by atoms with E-state index in [0.29, 0.717) is 11.8 Å². The Hall–Kier alpha value is -2.61. The Morgan fingerprint density at radius 1 is 0.917 bits per heavy atom. The molecular weight excluding hydrogens is 297 g/mol. The van der Waals surface area contributed by atoms with Crippen molar-refractivity contribution in [1.82, 2.24) is 0 Å². The largest absolute Gasteiger partial charge is 0.377 e. The zero-order valence-corrected chi connectivity index (χ0v) is 13.2. The van der Waals surface area contributed by atoms with Crippen molar-refractivity contribution >= 4 is 16.5 Å². The van der Waals surface area contributed by atoms with E-state index in [-0.39, 0.29) is 11.9 Å². The lowest BCUT2D eigenvalue weighted by Crippen LogP contribution is -2.29. The molecule has 1 aliphatic carbocycles. The molecule has 3 aromatic carbocycles. The molecule has 0 aromatic heterocycles. The van der Waals surface area contributed by atoms with Crippen LogP contribution in [0.2, 0.25) is 0 Å².